The SMILES string of the molecule is CC(C)SCc1nc(=S)cc(C(C)(C)C)[nH]1. The molecule has 0 saturated heterocycles. The number of H-pyrrole nitrogens is 1. The average molecular weight is 256 g/mol. The highest BCUT2D eigenvalue weighted by molar-refractivity contribution is 7.99. The molecule has 0 aromatic carbocycles. The number of hydrogen-bond donors (Lipinski definition) is 1. The zero-order valence-corrected chi connectivity index (χ0v) is 12.3. The molecule has 0 bridgehead atoms. The summed E-state index contributed by atoms with van der Waals surface area (Å²) in [5.74, 6) is 1.88. The first kappa shape index (κ1) is 13.7. The molecule has 0 radical (unpaired) electrons. The van der Waals surface area contributed by atoms with Crippen LogP contribution in [0.4, 0.5) is 0 Å². The summed E-state index contributed by atoms with van der Waals surface area (Å²) in [6, 6.07) is 1.96. The summed E-state index contributed by atoms with van der Waals surface area (Å²) in [4.78, 5) is 7.74. The maximum Gasteiger partial charge on any atom is 0.130 e. The van der Waals surface area contributed by atoms with Crippen molar-refractivity contribution in [3.05, 3.63) is 22.2 Å². The minimum absolute atomic E-state index is 0.0910. The topological polar surface area (TPSA) is 28.7 Å². The molecule has 1 heterocycles. The molecule has 0 spiro atoms. The molecule has 16 heavy (non-hydrogen) atoms. The van der Waals surface area contributed by atoms with Crippen LogP contribution >= 0.6 is 24.0 Å². The fourth-order valence-electron chi connectivity index (χ4n) is 1.23. The molecule has 0 saturated carbocycles. The van der Waals surface area contributed by atoms with Crippen LogP contribution in [-0.2, 0) is 11.2 Å². The molecule has 2 nitrogen and oxygen atoms in total. The molecule has 4 heteroatoms. The fourth-order valence-corrected chi connectivity index (χ4v) is 2.08. The Morgan fingerprint density at radius 1 is 1.44 bits per heavy atom. The van der Waals surface area contributed by atoms with Crippen molar-refractivity contribution in [3.63, 3.8) is 0 Å². The van der Waals surface area contributed by atoms with E-state index in [-0.39, 0.29) is 5.41 Å². The van der Waals surface area contributed by atoms with E-state index in [2.05, 4.69) is 44.6 Å². The summed E-state index contributed by atoms with van der Waals surface area (Å²) in [6.45, 7) is 10.9. The van der Waals surface area contributed by atoms with E-state index in [1.54, 1.807) is 0 Å². The van der Waals surface area contributed by atoms with E-state index in [1.807, 2.05) is 17.8 Å². The van der Waals surface area contributed by atoms with Crippen molar-refractivity contribution in [2.75, 3.05) is 0 Å². The molecule has 1 aromatic heterocycles. The van der Waals surface area contributed by atoms with Crippen LogP contribution in [0, 0.1) is 4.64 Å². The largest absolute Gasteiger partial charge is 0.346 e. The first-order chi connectivity index (χ1) is 7.29. The van der Waals surface area contributed by atoms with Gasteiger partial charge in [0.1, 0.15) is 10.5 Å². The number of nitrogens with zero attached hydrogens (tertiary/aromatic N) is 1. The zero-order valence-electron chi connectivity index (χ0n) is 10.6. The predicted molar refractivity (Wildman–Crippen MR) is 74.6 cm³/mol. The number of aromatic nitrogens is 2. The summed E-state index contributed by atoms with van der Waals surface area (Å²) in [5.41, 5.74) is 1.25. The Morgan fingerprint density at radius 3 is 2.56 bits per heavy atom. The third-order valence-electron chi connectivity index (χ3n) is 2.15. The van der Waals surface area contributed by atoms with Crippen LogP contribution < -0.4 is 0 Å². The van der Waals surface area contributed by atoms with Crippen molar-refractivity contribution < 1.29 is 0 Å². The van der Waals surface area contributed by atoms with Crippen LogP contribution in [-0.4, -0.2) is 15.2 Å². The molecule has 0 aliphatic heterocycles. The summed E-state index contributed by atoms with van der Waals surface area (Å²) in [5, 5.41) is 0.613. The van der Waals surface area contributed by atoms with Crippen molar-refractivity contribution >= 4 is 24.0 Å². The van der Waals surface area contributed by atoms with E-state index in [1.165, 1.54) is 0 Å². The third-order valence-corrected chi connectivity index (χ3v) is 3.47. The monoisotopic (exact) mass is 256 g/mol. The van der Waals surface area contributed by atoms with Gasteiger partial charge in [0.25, 0.3) is 0 Å². The van der Waals surface area contributed by atoms with Crippen molar-refractivity contribution in [2.24, 2.45) is 0 Å². The third kappa shape index (κ3) is 4.26. The Bertz CT molecular complexity index is 402. The molecule has 90 valence electrons. The number of aromatic amines is 1. The van der Waals surface area contributed by atoms with Crippen molar-refractivity contribution in [1.29, 1.82) is 0 Å². The number of hydrogen-bond acceptors (Lipinski definition) is 3. The van der Waals surface area contributed by atoms with E-state index in [0.29, 0.717) is 9.89 Å². The first-order valence-electron chi connectivity index (χ1n) is 5.51. The second-order valence-electron chi connectivity index (χ2n) is 5.19. The highest BCUT2D eigenvalue weighted by Crippen LogP contribution is 2.21. The van der Waals surface area contributed by atoms with E-state index in [0.717, 1.165) is 17.3 Å². The standard InChI is InChI=1S/C12H20N2S2/c1-8(2)16-7-10-13-9(12(3,4)5)6-11(15)14-10/h6,8H,7H2,1-5H3,(H,13,14,15). The Hall–Kier alpha value is -0.350. The van der Waals surface area contributed by atoms with Crippen LogP contribution in [0.1, 0.15) is 46.1 Å². The van der Waals surface area contributed by atoms with Crippen molar-refractivity contribution in [1.82, 2.24) is 9.97 Å². The van der Waals surface area contributed by atoms with Crippen LogP contribution in [0.3, 0.4) is 0 Å². The Kier molecular flexibility index (Phi) is 4.56. The normalized spacial score (nSPS) is 12.1. The highest BCUT2D eigenvalue weighted by Gasteiger charge is 2.15. The first-order valence-corrected chi connectivity index (χ1v) is 6.97. The predicted octanol–water partition coefficient (Wildman–Crippen LogP) is 4.08. The molecule has 1 aromatic rings. The molecular weight excluding hydrogens is 236 g/mol. The lowest BCUT2D eigenvalue weighted by Gasteiger charge is -2.19. The smallest absolute Gasteiger partial charge is 0.130 e. The van der Waals surface area contributed by atoms with Crippen LogP contribution in [0.25, 0.3) is 0 Å². The van der Waals surface area contributed by atoms with Gasteiger partial charge in [-0.3, -0.25) is 0 Å². The summed E-state index contributed by atoms with van der Waals surface area (Å²) in [7, 11) is 0. The minimum Gasteiger partial charge on any atom is -0.346 e. The lowest BCUT2D eigenvalue weighted by Crippen LogP contribution is -2.15. The Balaban J connectivity index is 2.95. The van der Waals surface area contributed by atoms with Crippen LogP contribution in [0.2, 0.25) is 0 Å². The maximum atomic E-state index is 5.20. The molecule has 0 aliphatic rings. The van der Waals surface area contributed by atoms with Gasteiger partial charge in [-0.1, -0.05) is 46.8 Å². The number of thioether (sulfide) groups is 1. The average Bonchev–Trinajstić information content (AvgIpc) is 2.12. The molecule has 0 aliphatic carbocycles. The molecule has 1 rings (SSSR count). The Labute approximate surface area is 107 Å². The van der Waals surface area contributed by atoms with Gasteiger partial charge >= 0.3 is 0 Å². The minimum atomic E-state index is 0.0910. The zero-order chi connectivity index (χ0) is 12.3. The molecule has 0 atom stereocenters. The van der Waals surface area contributed by atoms with Gasteiger partial charge in [-0.05, 0) is 11.3 Å². The van der Waals surface area contributed by atoms with Gasteiger partial charge in [-0.15, -0.1) is 0 Å². The molecule has 0 amide bonds. The molecular formula is C12H20N2S2. The van der Waals surface area contributed by atoms with Gasteiger partial charge < -0.3 is 4.98 Å². The molecule has 1 N–H and O–H groups in total. The van der Waals surface area contributed by atoms with E-state index < -0.39 is 0 Å². The highest BCUT2D eigenvalue weighted by atomic mass is 32.2. The van der Waals surface area contributed by atoms with Crippen molar-refractivity contribution in [3.8, 4) is 0 Å². The Morgan fingerprint density at radius 2 is 2.06 bits per heavy atom. The lowest BCUT2D eigenvalue weighted by atomic mass is 9.92. The molecule has 0 fully saturated rings. The van der Waals surface area contributed by atoms with Crippen LogP contribution in [0.5, 0.6) is 0 Å². The van der Waals surface area contributed by atoms with Crippen LogP contribution in [0.15, 0.2) is 6.07 Å². The summed E-state index contributed by atoms with van der Waals surface area (Å²) >= 11 is 7.07. The van der Waals surface area contributed by atoms with E-state index in [4.69, 9.17) is 12.2 Å². The second-order valence-corrected chi connectivity index (χ2v) is 7.17. The number of nitrogens with one attached hydrogen (secondary N) is 1. The maximum absolute atomic E-state index is 5.20. The van der Waals surface area contributed by atoms with E-state index >= 15 is 0 Å². The summed E-state index contributed by atoms with van der Waals surface area (Å²) in [6.07, 6.45) is 0. The quantitative estimate of drug-likeness (QED) is 0.826. The van der Waals surface area contributed by atoms with E-state index in [9.17, 15) is 0 Å². The second kappa shape index (κ2) is 5.32. The van der Waals surface area contributed by atoms with Gasteiger partial charge in [0, 0.05) is 11.1 Å². The van der Waals surface area contributed by atoms with Gasteiger partial charge in [0.15, 0.2) is 0 Å². The lowest BCUT2D eigenvalue weighted by molar-refractivity contribution is 0.563. The van der Waals surface area contributed by atoms with Gasteiger partial charge in [0.2, 0.25) is 0 Å². The van der Waals surface area contributed by atoms with Gasteiger partial charge in [0.05, 0.1) is 5.75 Å². The fraction of sp³-hybridized carbons (Fsp3) is 0.667. The number of rotatable bonds is 3. The van der Waals surface area contributed by atoms with Gasteiger partial charge in [-0.2, -0.15) is 11.8 Å². The van der Waals surface area contributed by atoms with Crippen molar-refractivity contribution in [2.45, 2.75) is 51.0 Å². The summed E-state index contributed by atoms with van der Waals surface area (Å²) < 4.78 is 0.683. The molecule has 0 unspecified atom stereocenters. The van der Waals surface area contributed by atoms with Gasteiger partial charge in [-0.25, -0.2) is 4.98 Å².